The van der Waals surface area contributed by atoms with Crippen LogP contribution in [0.5, 0.6) is 11.5 Å². The monoisotopic (exact) mass is 1530 g/mol. The number of sulfonamides is 2. The van der Waals surface area contributed by atoms with E-state index in [4.69, 9.17) is 34.5 Å². The number of halogens is 2. The van der Waals surface area contributed by atoms with Crippen LogP contribution in [0.3, 0.4) is 0 Å². The fourth-order valence-corrected chi connectivity index (χ4v) is 16.6. The van der Waals surface area contributed by atoms with Crippen LogP contribution in [-0.4, -0.2) is 154 Å². The Morgan fingerprint density at radius 3 is 1.38 bits per heavy atom. The third kappa shape index (κ3) is 21.4. The number of esters is 2. The van der Waals surface area contributed by atoms with Gasteiger partial charge in [-0.15, -0.1) is 0 Å². The van der Waals surface area contributed by atoms with Crippen molar-refractivity contribution in [3.8, 4) is 34.0 Å². The van der Waals surface area contributed by atoms with Crippen LogP contribution in [0.15, 0.2) is 131 Å². The maximum Gasteiger partial charge on any atom is 0.341 e. The van der Waals surface area contributed by atoms with Crippen LogP contribution < -0.4 is 20.5 Å². The third-order valence-corrected chi connectivity index (χ3v) is 23.2. The third-order valence-electron chi connectivity index (χ3n) is 19.4. The number of amides is 1. The number of fused-ring (bicyclic) bond motifs is 2. The lowest BCUT2D eigenvalue weighted by atomic mass is 9.81. The van der Waals surface area contributed by atoms with Crippen molar-refractivity contribution >= 4 is 77.0 Å². The van der Waals surface area contributed by atoms with E-state index in [1.54, 1.807) is 36.4 Å². The SMILES string of the molecule is C1CCOC1.CN(CCCCCN)S(=O)(=O)c1ccccc1[N+](=O)[O-].COC(=O)c1ccc2c(C3CCCCC3)c(-c3ccc(F)cc3OCC(=O)NCCCCCN(C)S(=O)(=O)c3ccccc3[N+](=O)[O-])n(C)c2c1.COC(=O)c1ccc2c(C3CCCCC3)c(-c3ccc(F)cc3OCC(=O)O)n(C)c2c1. The molecule has 582 valence electrons. The van der Waals surface area contributed by atoms with E-state index in [0.717, 1.165) is 136 Å². The molecule has 108 heavy (non-hydrogen) atoms. The van der Waals surface area contributed by atoms with E-state index in [2.05, 4.69) is 5.32 Å². The number of methoxy groups -OCH3 is 2. The number of carboxylic acids is 1. The molecule has 1 saturated heterocycles. The van der Waals surface area contributed by atoms with E-state index >= 15 is 0 Å². The number of carboxylic acid groups (broad SMARTS) is 1. The highest BCUT2D eigenvalue weighted by Crippen LogP contribution is 2.48. The Morgan fingerprint density at radius 2 is 0.991 bits per heavy atom. The van der Waals surface area contributed by atoms with Gasteiger partial charge in [0.05, 0.1) is 46.6 Å². The van der Waals surface area contributed by atoms with Gasteiger partial charge < -0.3 is 49.0 Å². The zero-order chi connectivity index (χ0) is 78.2. The lowest BCUT2D eigenvalue weighted by Gasteiger charge is -2.24. The first-order valence-corrected chi connectivity index (χ1v) is 39.1. The number of hydrogen-bond donors (Lipinski definition) is 3. The Bertz CT molecular complexity index is 4700. The van der Waals surface area contributed by atoms with Gasteiger partial charge in [0.2, 0.25) is 20.0 Å². The van der Waals surface area contributed by atoms with Crippen LogP contribution >= 0.6 is 0 Å². The zero-order valence-corrected chi connectivity index (χ0v) is 63.4. The smallest absolute Gasteiger partial charge is 0.341 e. The predicted octanol–water partition coefficient (Wildman–Crippen LogP) is 14.1. The number of hydrogen-bond acceptors (Lipinski definition) is 18. The molecule has 3 aliphatic rings. The predicted molar refractivity (Wildman–Crippen MR) is 405 cm³/mol. The lowest BCUT2D eigenvalue weighted by Crippen LogP contribution is -2.30. The summed E-state index contributed by atoms with van der Waals surface area (Å²) in [6.45, 7) is 2.44. The minimum atomic E-state index is -4.05. The number of nitro groups is 2. The van der Waals surface area contributed by atoms with Crippen molar-refractivity contribution in [3.63, 3.8) is 0 Å². The molecule has 2 aromatic heterocycles. The summed E-state index contributed by atoms with van der Waals surface area (Å²) in [7, 11) is 1.41. The molecule has 2 saturated carbocycles. The minimum Gasteiger partial charge on any atom is -0.483 e. The average Bonchev–Trinajstić information content (AvgIpc) is 1.59. The second-order valence-electron chi connectivity index (χ2n) is 26.7. The van der Waals surface area contributed by atoms with Gasteiger partial charge in [-0.05, 0) is 154 Å². The average molecular weight is 1540 g/mol. The van der Waals surface area contributed by atoms with Gasteiger partial charge >= 0.3 is 17.9 Å². The van der Waals surface area contributed by atoms with Crippen LogP contribution in [0.1, 0.15) is 159 Å². The van der Waals surface area contributed by atoms with Gasteiger partial charge in [0.25, 0.3) is 17.3 Å². The van der Waals surface area contributed by atoms with Crippen LogP contribution in [0.2, 0.25) is 0 Å². The van der Waals surface area contributed by atoms with E-state index in [0.29, 0.717) is 73.5 Å². The molecular formula is C78H96F2N8O18S2. The summed E-state index contributed by atoms with van der Waals surface area (Å²) >= 11 is 0. The van der Waals surface area contributed by atoms with Gasteiger partial charge in [-0.2, -0.15) is 0 Å². The molecule has 0 bridgehead atoms. The highest BCUT2D eigenvalue weighted by Gasteiger charge is 2.33. The summed E-state index contributed by atoms with van der Waals surface area (Å²) in [5.74, 6) is -2.40. The summed E-state index contributed by atoms with van der Waals surface area (Å²) < 4.78 is 112. The number of nitrogens with one attached hydrogen (secondary N) is 1. The van der Waals surface area contributed by atoms with Gasteiger partial charge in [-0.1, -0.05) is 87.8 Å². The molecule has 0 radical (unpaired) electrons. The molecule has 26 nitrogen and oxygen atoms in total. The molecule has 1 amide bonds. The maximum absolute atomic E-state index is 14.6. The van der Waals surface area contributed by atoms with E-state index in [-0.39, 0.29) is 40.4 Å². The zero-order valence-electron chi connectivity index (χ0n) is 61.8. The fraction of sp³-hybridized carbons (Fsp3) is 0.436. The van der Waals surface area contributed by atoms with Gasteiger partial charge in [-0.3, -0.25) is 25.0 Å². The highest BCUT2D eigenvalue weighted by molar-refractivity contribution is 7.89. The quantitative estimate of drug-likeness (QED) is 0.0170. The number of ether oxygens (including phenoxy) is 5. The normalized spacial score (nSPS) is 14.1. The van der Waals surface area contributed by atoms with Crippen LogP contribution in [0, 0.1) is 31.9 Å². The number of aryl methyl sites for hydroxylation is 2. The molecule has 11 rings (SSSR count). The number of rotatable bonds is 29. The number of aliphatic carboxylic acids is 1. The number of nitrogens with two attached hydrogens (primary N) is 1. The largest absolute Gasteiger partial charge is 0.483 e. The number of nitrogens with zero attached hydrogens (tertiary/aromatic N) is 6. The summed E-state index contributed by atoms with van der Waals surface area (Å²) in [5, 5.41) is 36.1. The number of nitro benzene ring substituents is 2. The van der Waals surface area contributed by atoms with E-state index in [1.165, 1.54) is 121 Å². The first-order chi connectivity index (χ1) is 51.7. The van der Waals surface area contributed by atoms with Gasteiger partial charge in [0.1, 0.15) is 23.1 Å². The fourth-order valence-electron chi connectivity index (χ4n) is 13.9. The Kier molecular flexibility index (Phi) is 31.0. The maximum atomic E-state index is 14.6. The Morgan fingerprint density at radius 1 is 0.574 bits per heavy atom. The van der Waals surface area contributed by atoms with Crippen molar-refractivity contribution in [3.05, 3.63) is 175 Å². The highest BCUT2D eigenvalue weighted by atomic mass is 32.2. The molecule has 2 aliphatic carbocycles. The number of carbonyl (C=O) groups excluding carboxylic acids is 3. The van der Waals surface area contributed by atoms with Crippen molar-refractivity contribution in [1.82, 2.24) is 23.1 Å². The van der Waals surface area contributed by atoms with Gasteiger partial charge in [0, 0.05) is 118 Å². The van der Waals surface area contributed by atoms with Gasteiger partial charge in [0.15, 0.2) is 23.0 Å². The van der Waals surface area contributed by atoms with Crippen LogP contribution in [0.4, 0.5) is 20.2 Å². The lowest BCUT2D eigenvalue weighted by molar-refractivity contribution is -0.388. The molecule has 8 aromatic rings. The molecule has 1 aliphatic heterocycles. The Hall–Kier alpha value is -9.72. The van der Waals surface area contributed by atoms with Crippen molar-refractivity contribution in [2.24, 2.45) is 19.8 Å². The van der Waals surface area contributed by atoms with E-state index < -0.39 is 83.3 Å². The second-order valence-corrected chi connectivity index (χ2v) is 30.7. The number of para-hydroxylation sites is 2. The van der Waals surface area contributed by atoms with Crippen LogP contribution in [-0.2, 0) is 57.9 Å². The minimum absolute atomic E-state index is 0.148. The van der Waals surface area contributed by atoms with Crippen molar-refractivity contribution in [1.29, 1.82) is 0 Å². The standard InChI is InChI=1S/C37H43FN4O8S.C25H26FNO5.C12H19N3O4S.C4H8O/c1-40(51(47,48)33-15-9-8-14-30(33)42(45)46)21-11-5-10-20-39-34(43)24-50-32-23-27(38)17-19-29(32)36-35(25-12-6-4-7-13-25)28-18-16-26(37(44)49-3)22-31(28)41(36)2;1-27-20-12-16(25(30)31-2)8-10-18(20)23(15-6-4-3-5-7-15)24(27)19-11-9-17(26)13-21(19)32-14-22(28)29;1-14(10-6-2-5-9-13)20(18,19)12-8-4-3-7-11(12)15(16)17;1-2-4-5-3-1/h8-9,14-19,22-23,25H,4-7,10-13,20-21,24H2,1-3H3,(H,39,43);8-13,15H,3-7,14H2,1-2H3,(H,28,29);3-4,7-8H,2,5-6,9-10,13H2,1H3;1-4H2. The van der Waals surface area contributed by atoms with Gasteiger partial charge in [-0.25, -0.2) is 48.6 Å². The summed E-state index contributed by atoms with van der Waals surface area (Å²) in [4.78, 5) is 68.6. The molecule has 3 fully saturated rings. The molecule has 0 unspecified atom stereocenters. The Labute approximate surface area is 627 Å². The van der Waals surface area contributed by atoms with Crippen LogP contribution in [0.25, 0.3) is 44.3 Å². The van der Waals surface area contributed by atoms with E-state index in [1.807, 2.05) is 35.4 Å². The first kappa shape index (κ1) is 83.9. The molecular weight excluding hydrogens is 1440 g/mol. The molecule has 4 N–H and O–H groups in total. The number of carbonyl (C=O) groups is 4. The molecule has 30 heteroatoms. The van der Waals surface area contributed by atoms with Crippen molar-refractivity contribution in [2.45, 2.75) is 137 Å². The number of benzene rings is 6. The molecule has 3 heterocycles. The number of unbranched alkanes of at least 4 members (excludes halogenated alkanes) is 4. The van der Waals surface area contributed by atoms with Crippen molar-refractivity contribution < 1.29 is 83.4 Å². The molecule has 0 atom stereocenters. The molecule has 0 spiro atoms. The van der Waals surface area contributed by atoms with Crippen molar-refractivity contribution in [2.75, 3.05) is 80.9 Å². The first-order valence-electron chi connectivity index (χ1n) is 36.2. The summed E-state index contributed by atoms with van der Waals surface area (Å²) in [5.41, 5.74) is 12.3. The van der Waals surface area contributed by atoms with E-state index in [9.17, 15) is 65.0 Å². The Balaban J connectivity index is 0.000000217. The summed E-state index contributed by atoms with van der Waals surface area (Å²) in [6, 6.07) is 30.1. The number of aromatic nitrogens is 2. The molecule has 6 aromatic carbocycles. The second kappa shape index (κ2) is 39.9. The topological polar surface area (TPSA) is 344 Å². The summed E-state index contributed by atoms with van der Waals surface area (Å²) in [6.07, 6.45) is 17.4.